The van der Waals surface area contributed by atoms with Crippen LogP contribution in [0.2, 0.25) is 0 Å². The Morgan fingerprint density at radius 1 is 1.11 bits per heavy atom. The highest BCUT2D eigenvalue weighted by Crippen LogP contribution is 2.28. The maximum atomic E-state index is 4.55. The summed E-state index contributed by atoms with van der Waals surface area (Å²) < 4.78 is 1.00. The van der Waals surface area contributed by atoms with E-state index >= 15 is 0 Å². The van der Waals surface area contributed by atoms with Crippen LogP contribution in [0.15, 0.2) is 71.5 Å². The molecule has 3 N–H and O–H groups in total. The Labute approximate surface area is 174 Å². The number of hydrogen-bond acceptors (Lipinski definition) is 5. The summed E-state index contributed by atoms with van der Waals surface area (Å²) in [4.78, 5) is 9.03. The Morgan fingerprint density at radius 3 is 2.75 bits per heavy atom. The normalized spacial score (nSPS) is 17.7. The second-order valence-corrected chi connectivity index (χ2v) is 8.05. The Kier molecular flexibility index (Phi) is 5.88. The van der Waals surface area contributed by atoms with Crippen molar-refractivity contribution in [2.75, 3.05) is 23.7 Å². The third kappa shape index (κ3) is 4.34. The van der Waals surface area contributed by atoms with Gasteiger partial charge in [0.15, 0.2) is 0 Å². The van der Waals surface area contributed by atoms with Crippen molar-refractivity contribution in [1.82, 2.24) is 15.3 Å². The van der Waals surface area contributed by atoms with E-state index in [1.807, 2.05) is 24.5 Å². The van der Waals surface area contributed by atoms with Crippen molar-refractivity contribution < 1.29 is 0 Å². The molecular weight excluding hydrogens is 414 g/mol. The molecule has 0 unspecified atom stereocenters. The number of pyridine rings is 2. The third-order valence-electron chi connectivity index (χ3n) is 5.10. The number of nitrogens with one attached hydrogen (secondary N) is 3. The van der Waals surface area contributed by atoms with Crippen molar-refractivity contribution in [3.8, 4) is 0 Å². The van der Waals surface area contributed by atoms with Crippen LogP contribution in [0.3, 0.4) is 0 Å². The summed E-state index contributed by atoms with van der Waals surface area (Å²) in [5.74, 6) is 1.21. The van der Waals surface area contributed by atoms with Gasteiger partial charge in [0.05, 0.1) is 17.8 Å². The zero-order valence-electron chi connectivity index (χ0n) is 15.8. The Hall–Kier alpha value is -2.44. The number of hydrogen-bond donors (Lipinski definition) is 3. The Balaban J connectivity index is 1.51. The van der Waals surface area contributed by atoms with Gasteiger partial charge in [0.25, 0.3) is 0 Å². The molecule has 0 bridgehead atoms. The van der Waals surface area contributed by atoms with Gasteiger partial charge >= 0.3 is 0 Å². The molecule has 1 aliphatic heterocycles. The fourth-order valence-corrected chi connectivity index (χ4v) is 3.79. The van der Waals surface area contributed by atoms with Gasteiger partial charge in [-0.15, -0.1) is 0 Å². The fourth-order valence-electron chi connectivity index (χ4n) is 3.55. The summed E-state index contributed by atoms with van der Waals surface area (Å²) in [5.41, 5.74) is 3.40. The summed E-state index contributed by atoms with van der Waals surface area (Å²) in [6.07, 6.45) is 3.68. The maximum Gasteiger partial charge on any atom is 0.149 e. The van der Waals surface area contributed by atoms with Gasteiger partial charge in [-0.3, -0.25) is 4.98 Å². The topological polar surface area (TPSA) is 61.9 Å². The van der Waals surface area contributed by atoms with Crippen molar-refractivity contribution in [1.29, 1.82) is 0 Å². The van der Waals surface area contributed by atoms with Crippen LogP contribution in [-0.4, -0.2) is 29.1 Å². The second kappa shape index (κ2) is 8.71. The van der Waals surface area contributed by atoms with Crippen LogP contribution in [-0.2, 0) is 0 Å². The van der Waals surface area contributed by atoms with Gasteiger partial charge in [-0.1, -0.05) is 37.3 Å². The second-order valence-electron chi connectivity index (χ2n) is 7.13. The lowest BCUT2D eigenvalue weighted by Gasteiger charge is -2.34. The molecule has 3 aromatic rings. The quantitative estimate of drug-likeness (QED) is 0.526. The summed E-state index contributed by atoms with van der Waals surface area (Å²) in [6.45, 7) is 3.87. The van der Waals surface area contributed by atoms with Gasteiger partial charge in [0.2, 0.25) is 0 Å². The maximum absolute atomic E-state index is 4.55. The van der Waals surface area contributed by atoms with Gasteiger partial charge in [-0.2, -0.15) is 0 Å². The molecule has 5 nitrogen and oxygen atoms in total. The molecule has 4 rings (SSSR count). The van der Waals surface area contributed by atoms with Crippen LogP contribution in [0.1, 0.15) is 30.1 Å². The monoisotopic (exact) mass is 437 g/mol. The molecule has 0 aliphatic carbocycles. The molecule has 3 heterocycles. The van der Waals surface area contributed by atoms with Gasteiger partial charge < -0.3 is 16.0 Å². The lowest BCUT2D eigenvalue weighted by Crippen LogP contribution is -2.45. The van der Waals surface area contributed by atoms with Crippen LogP contribution in [0, 0.1) is 0 Å². The minimum absolute atomic E-state index is 0.154. The van der Waals surface area contributed by atoms with E-state index in [-0.39, 0.29) is 12.1 Å². The number of benzene rings is 1. The summed E-state index contributed by atoms with van der Waals surface area (Å²) in [6, 6.07) is 19.1. The van der Waals surface area contributed by atoms with Crippen molar-refractivity contribution in [3.05, 3.63) is 82.7 Å². The van der Waals surface area contributed by atoms with Crippen LogP contribution < -0.4 is 16.0 Å². The minimum Gasteiger partial charge on any atom is -0.380 e. The molecule has 0 radical (unpaired) electrons. The first-order chi connectivity index (χ1) is 13.7. The molecule has 1 aliphatic rings. The highest BCUT2D eigenvalue weighted by atomic mass is 79.9. The highest BCUT2D eigenvalue weighted by Gasteiger charge is 2.27. The first-order valence-electron chi connectivity index (χ1n) is 9.56. The molecule has 144 valence electrons. The first kappa shape index (κ1) is 18.9. The van der Waals surface area contributed by atoms with E-state index in [4.69, 9.17) is 0 Å². The molecule has 1 aromatic carbocycles. The van der Waals surface area contributed by atoms with Crippen molar-refractivity contribution in [2.45, 2.75) is 24.9 Å². The zero-order chi connectivity index (χ0) is 19.3. The molecule has 0 saturated carbocycles. The van der Waals surface area contributed by atoms with Crippen LogP contribution in [0.4, 0.5) is 11.5 Å². The lowest BCUT2D eigenvalue weighted by molar-refractivity contribution is 0.451. The predicted octanol–water partition coefficient (Wildman–Crippen LogP) is 4.58. The van der Waals surface area contributed by atoms with E-state index in [0.29, 0.717) is 5.92 Å². The predicted molar refractivity (Wildman–Crippen MR) is 118 cm³/mol. The number of aromatic nitrogens is 2. The Bertz CT molecular complexity index is 900. The molecule has 3 atom stereocenters. The average molecular weight is 438 g/mol. The molecule has 6 heteroatoms. The number of fused-ring (bicyclic) bond motifs is 1. The van der Waals surface area contributed by atoms with Gasteiger partial charge in [-0.25, -0.2) is 4.98 Å². The Morgan fingerprint density at radius 2 is 1.96 bits per heavy atom. The lowest BCUT2D eigenvalue weighted by atomic mass is 9.96. The highest BCUT2D eigenvalue weighted by molar-refractivity contribution is 9.10. The van der Waals surface area contributed by atoms with Crippen molar-refractivity contribution in [2.24, 2.45) is 0 Å². The number of nitrogens with zero attached hydrogens (tertiary/aromatic N) is 2. The summed E-state index contributed by atoms with van der Waals surface area (Å²) >= 11 is 3.45. The van der Waals surface area contributed by atoms with Gasteiger partial charge in [0.1, 0.15) is 5.82 Å². The fraction of sp³-hybridized carbons (Fsp3) is 0.273. The number of anilines is 2. The van der Waals surface area contributed by atoms with Crippen molar-refractivity contribution in [3.63, 3.8) is 0 Å². The van der Waals surface area contributed by atoms with E-state index in [1.54, 1.807) is 0 Å². The minimum atomic E-state index is 0.154. The van der Waals surface area contributed by atoms with Crippen molar-refractivity contribution >= 4 is 27.4 Å². The summed E-state index contributed by atoms with van der Waals surface area (Å²) in [5, 5.41) is 10.9. The van der Waals surface area contributed by atoms with Gasteiger partial charge in [-0.05, 0) is 45.8 Å². The van der Waals surface area contributed by atoms with E-state index in [0.717, 1.165) is 34.8 Å². The molecular formula is C22H24BrN5. The van der Waals surface area contributed by atoms with E-state index in [1.165, 1.54) is 5.56 Å². The molecule has 0 fully saturated rings. The molecule has 2 aromatic heterocycles. The standard InChI is InChI=1S/C22H24BrN5/c1-15(18-10-9-17(23)13-25-18)12-27-21(16-6-3-2-4-7-16)20-14-26-19-8-5-11-24-22(19)28-20/h2-11,13,15,20-21,26-27H,12,14H2,1H3,(H,24,28)/t15-,20-,21-/m1/s1. The number of rotatable bonds is 6. The molecule has 0 saturated heterocycles. The summed E-state index contributed by atoms with van der Waals surface area (Å²) in [7, 11) is 0. The van der Waals surface area contributed by atoms with E-state index in [2.05, 4.69) is 91.2 Å². The third-order valence-corrected chi connectivity index (χ3v) is 5.57. The molecule has 0 amide bonds. The van der Waals surface area contributed by atoms with E-state index in [9.17, 15) is 0 Å². The molecule has 28 heavy (non-hydrogen) atoms. The zero-order valence-corrected chi connectivity index (χ0v) is 17.4. The largest absolute Gasteiger partial charge is 0.380 e. The van der Waals surface area contributed by atoms with Crippen LogP contribution in [0.5, 0.6) is 0 Å². The van der Waals surface area contributed by atoms with Gasteiger partial charge in [0, 0.05) is 41.6 Å². The van der Waals surface area contributed by atoms with Crippen LogP contribution in [0.25, 0.3) is 0 Å². The van der Waals surface area contributed by atoms with E-state index < -0.39 is 0 Å². The molecule has 0 spiro atoms. The average Bonchev–Trinajstić information content (AvgIpc) is 2.75. The first-order valence-corrected chi connectivity index (χ1v) is 10.3. The number of halogens is 1. The SMILES string of the molecule is C[C@H](CN[C@H](c1ccccc1)[C@H]1CNc2cccnc2N1)c1ccc(Br)cn1. The smallest absolute Gasteiger partial charge is 0.149 e. The van der Waals surface area contributed by atoms with Crippen LogP contribution >= 0.6 is 15.9 Å².